The third-order valence-electron chi connectivity index (χ3n) is 4.13. The van der Waals surface area contributed by atoms with Crippen LogP contribution in [-0.2, 0) is 6.42 Å². The third kappa shape index (κ3) is 2.50. The first-order valence-electron chi connectivity index (χ1n) is 7.53. The number of rotatable bonds is 4. The molecule has 106 valence electrons. The zero-order chi connectivity index (χ0) is 13.9. The van der Waals surface area contributed by atoms with Gasteiger partial charge in [0, 0.05) is 17.8 Å². The van der Waals surface area contributed by atoms with Gasteiger partial charge >= 0.3 is 0 Å². The number of likely N-dealkylation sites (N-methyl/N-ethyl adjacent to an activating group) is 1. The molecule has 0 radical (unpaired) electrons. The fourth-order valence-electron chi connectivity index (χ4n) is 3.25. The van der Waals surface area contributed by atoms with E-state index in [1.807, 2.05) is 25.3 Å². The molecule has 0 saturated carbocycles. The fourth-order valence-corrected chi connectivity index (χ4v) is 3.25. The average molecular weight is 270 g/mol. The molecule has 0 aliphatic heterocycles. The average Bonchev–Trinajstić information content (AvgIpc) is 2.91. The zero-order valence-electron chi connectivity index (χ0n) is 12.2. The maximum absolute atomic E-state index is 5.88. The maximum Gasteiger partial charge on any atom is 0.121 e. The van der Waals surface area contributed by atoms with Crippen molar-refractivity contribution in [2.45, 2.75) is 45.1 Å². The summed E-state index contributed by atoms with van der Waals surface area (Å²) >= 11 is 0. The van der Waals surface area contributed by atoms with Crippen LogP contribution in [-0.4, -0.2) is 11.5 Å². The molecule has 2 heterocycles. The number of furan rings is 1. The predicted molar refractivity (Wildman–Crippen MR) is 79.8 cm³/mol. The Kier molecular flexibility index (Phi) is 3.88. The molecule has 3 rings (SSSR count). The van der Waals surface area contributed by atoms with Gasteiger partial charge in [-0.1, -0.05) is 13.0 Å². The Labute approximate surface area is 120 Å². The van der Waals surface area contributed by atoms with Gasteiger partial charge in [0.2, 0.25) is 0 Å². The number of nitrogens with one attached hydrogen (secondary N) is 1. The fraction of sp³-hybridized carbons (Fsp3) is 0.471. The van der Waals surface area contributed by atoms with Gasteiger partial charge in [0.05, 0.1) is 6.04 Å². The highest BCUT2D eigenvalue weighted by Crippen LogP contribution is 2.39. The van der Waals surface area contributed by atoms with Crippen molar-refractivity contribution in [3.8, 4) is 0 Å². The Morgan fingerprint density at radius 3 is 3.05 bits per heavy atom. The van der Waals surface area contributed by atoms with Gasteiger partial charge in [0.25, 0.3) is 0 Å². The lowest BCUT2D eigenvalue weighted by Crippen LogP contribution is -2.29. The highest BCUT2D eigenvalue weighted by molar-refractivity contribution is 5.29. The van der Waals surface area contributed by atoms with Gasteiger partial charge in [0.1, 0.15) is 11.5 Å². The Morgan fingerprint density at radius 1 is 1.40 bits per heavy atom. The molecule has 3 heteroatoms. The molecular formula is C17H22N2O. The van der Waals surface area contributed by atoms with E-state index in [-0.39, 0.29) is 6.04 Å². The molecule has 0 amide bonds. The second kappa shape index (κ2) is 5.80. The van der Waals surface area contributed by atoms with E-state index in [9.17, 15) is 0 Å². The van der Waals surface area contributed by atoms with Gasteiger partial charge in [-0.15, -0.1) is 0 Å². The number of aryl methyl sites for hydroxylation is 2. The Hall–Kier alpha value is -1.61. The first kappa shape index (κ1) is 13.4. The van der Waals surface area contributed by atoms with Crippen LogP contribution in [0.25, 0.3) is 0 Å². The van der Waals surface area contributed by atoms with Crippen molar-refractivity contribution in [3.63, 3.8) is 0 Å². The van der Waals surface area contributed by atoms with Crippen LogP contribution in [0.4, 0.5) is 0 Å². The zero-order valence-corrected chi connectivity index (χ0v) is 12.2. The quantitative estimate of drug-likeness (QED) is 0.919. The molecule has 1 aliphatic rings. The van der Waals surface area contributed by atoms with E-state index in [0.717, 1.165) is 24.5 Å². The summed E-state index contributed by atoms with van der Waals surface area (Å²) in [6.45, 7) is 5.08. The van der Waals surface area contributed by atoms with Crippen LogP contribution in [0.15, 0.2) is 34.9 Å². The van der Waals surface area contributed by atoms with E-state index < -0.39 is 0 Å². The molecule has 0 saturated heterocycles. The summed E-state index contributed by atoms with van der Waals surface area (Å²) < 4.78 is 5.88. The summed E-state index contributed by atoms with van der Waals surface area (Å²) in [5, 5.41) is 3.59. The van der Waals surface area contributed by atoms with Crippen molar-refractivity contribution in [2.24, 2.45) is 0 Å². The minimum atomic E-state index is 0.225. The van der Waals surface area contributed by atoms with E-state index in [1.165, 1.54) is 24.1 Å². The summed E-state index contributed by atoms with van der Waals surface area (Å²) in [5.74, 6) is 2.42. The molecule has 2 unspecified atom stereocenters. The summed E-state index contributed by atoms with van der Waals surface area (Å²) in [6, 6.07) is 8.62. The first-order chi connectivity index (χ1) is 9.79. The Bertz CT molecular complexity index is 576. The van der Waals surface area contributed by atoms with E-state index in [1.54, 1.807) is 0 Å². The highest BCUT2D eigenvalue weighted by Gasteiger charge is 2.31. The number of hydrogen-bond donors (Lipinski definition) is 1. The van der Waals surface area contributed by atoms with Crippen LogP contribution in [0.5, 0.6) is 0 Å². The number of pyridine rings is 1. The van der Waals surface area contributed by atoms with Crippen LogP contribution in [0.3, 0.4) is 0 Å². The summed E-state index contributed by atoms with van der Waals surface area (Å²) in [7, 11) is 0. The van der Waals surface area contributed by atoms with E-state index in [0.29, 0.717) is 5.92 Å². The minimum absolute atomic E-state index is 0.225. The molecule has 0 fully saturated rings. The monoisotopic (exact) mass is 270 g/mol. The number of nitrogens with zero attached hydrogens (tertiary/aromatic N) is 1. The van der Waals surface area contributed by atoms with Crippen molar-refractivity contribution in [1.29, 1.82) is 0 Å². The molecule has 0 bridgehead atoms. The molecular weight excluding hydrogens is 248 g/mol. The van der Waals surface area contributed by atoms with Crippen LogP contribution in [0.1, 0.15) is 54.5 Å². The van der Waals surface area contributed by atoms with Gasteiger partial charge in [0.15, 0.2) is 0 Å². The molecule has 0 aromatic carbocycles. The lowest BCUT2D eigenvalue weighted by molar-refractivity contribution is 0.335. The van der Waals surface area contributed by atoms with Crippen LogP contribution in [0.2, 0.25) is 0 Å². The summed E-state index contributed by atoms with van der Waals surface area (Å²) in [5.41, 5.74) is 2.65. The van der Waals surface area contributed by atoms with E-state index >= 15 is 0 Å². The third-order valence-corrected chi connectivity index (χ3v) is 4.13. The lowest BCUT2D eigenvalue weighted by atomic mass is 9.81. The number of fused-ring (bicyclic) bond motifs is 1. The second-order valence-electron chi connectivity index (χ2n) is 5.53. The van der Waals surface area contributed by atoms with E-state index in [2.05, 4.69) is 29.4 Å². The first-order valence-corrected chi connectivity index (χ1v) is 7.53. The molecule has 20 heavy (non-hydrogen) atoms. The SMILES string of the molecule is CCNC(c1ccc(C)o1)C1CCCc2cccnc21. The topological polar surface area (TPSA) is 38.1 Å². The predicted octanol–water partition coefficient (Wildman–Crippen LogP) is 3.75. The normalized spacial score (nSPS) is 19.6. The molecule has 2 aromatic heterocycles. The van der Waals surface area contributed by atoms with Crippen LogP contribution >= 0.6 is 0 Å². The standard InChI is InChI=1S/C17H22N2O/c1-3-18-17(15-10-9-12(2)20-15)14-8-4-6-13-7-5-11-19-16(13)14/h5,7,9-11,14,17-18H,3-4,6,8H2,1-2H3. The number of hydrogen-bond acceptors (Lipinski definition) is 3. The van der Waals surface area contributed by atoms with Gasteiger partial charge in [-0.2, -0.15) is 0 Å². The van der Waals surface area contributed by atoms with Crippen LogP contribution < -0.4 is 5.32 Å². The van der Waals surface area contributed by atoms with Gasteiger partial charge in [-0.25, -0.2) is 0 Å². The number of aromatic nitrogens is 1. The molecule has 3 nitrogen and oxygen atoms in total. The van der Waals surface area contributed by atoms with E-state index in [4.69, 9.17) is 4.42 Å². The summed E-state index contributed by atoms with van der Waals surface area (Å²) in [4.78, 5) is 4.65. The van der Waals surface area contributed by atoms with Crippen molar-refractivity contribution in [3.05, 3.63) is 53.2 Å². The molecule has 2 atom stereocenters. The van der Waals surface area contributed by atoms with Crippen molar-refractivity contribution in [2.75, 3.05) is 6.54 Å². The summed E-state index contributed by atoms with van der Waals surface area (Å²) in [6.07, 6.45) is 5.45. The minimum Gasteiger partial charge on any atom is -0.465 e. The van der Waals surface area contributed by atoms with Gasteiger partial charge in [-0.05, 0) is 56.5 Å². The molecule has 1 N–H and O–H groups in total. The lowest BCUT2D eigenvalue weighted by Gasteiger charge is -2.30. The maximum atomic E-state index is 5.88. The van der Waals surface area contributed by atoms with Gasteiger partial charge < -0.3 is 9.73 Å². The second-order valence-corrected chi connectivity index (χ2v) is 5.53. The van der Waals surface area contributed by atoms with Crippen LogP contribution in [0, 0.1) is 6.92 Å². The molecule has 1 aliphatic carbocycles. The van der Waals surface area contributed by atoms with Crippen molar-refractivity contribution in [1.82, 2.24) is 10.3 Å². The van der Waals surface area contributed by atoms with Crippen molar-refractivity contribution >= 4 is 0 Å². The highest BCUT2D eigenvalue weighted by atomic mass is 16.3. The molecule has 2 aromatic rings. The Morgan fingerprint density at radius 2 is 2.30 bits per heavy atom. The Balaban J connectivity index is 1.96. The largest absolute Gasteiger partial charge is 0.465 e. The van der Waals surface area contributed by atoms with Crippen molar-refractivity contribution < 1.29 is 4.42 Å². The van der Waals surface area contributed by atoms with Gasteiger partial charge in [-0.3, -0.25) is 4.98 Å². The smallest absolute Gasteiger partial charge is 0.121 e. The molecule has 0 spiro atoms.